The standard InChI is InChI=1S/C14H25NO3/c1-11(2)18-14(17)8-9-15-13(16)10-12-6-4-3-5-7-12/h11-12H,3-10H2,1-2H3,(H,15,16). The van der Waals surface area contributed by atoms with Gasteiger partial charge in [0.05, 0.1) is 12.5 Å². The zero-order valence-corrected chi connectivity index (χ0v) is 11.5. The minimum atomic E-state index is -0.247. The molecule has 0 heterocycles. The van der Waals surface area contributed by atoms with E-state index in [4.69, 9.17) is 4.74 Å². The highest BCUT2D eigenvalue weighted by molar-refractivity contribution is 5.77. The minimum absolute atomic E-state index is 0.0687. The van der Waals surface area contributed by atoms with Crippen LogP contribution >= 0.6 is 0 Å². The van der Waals surface area contributed by atoms with Gasteiger partial charge in [0.1, 0.15) is 0 Å². The van der Waals surface area contributed by atoms with E-state index in [1.165, 1.54) is 32.1 Å². The van der Waals surface area contributed by atoms with E-state index < -0.39 is 0 Å². The number of carbonyl (C=O) groups is 2. The van der Waals surface area contributed by atoms with Gasteiger partial charge in [0, 0.05) is 13.0 Å². The molecule has 1 fully saturated rings. The van der Waals surface area contributed by atoms with Gasteiger partial charge in [-0.25, -0.2) is 0 Å². The number of hydrogen-bond donors (Lipinski definition) is 1. The van der Waals surface area contributed by atoms with Crippen molar-refractivity contribution in [3.8, 4) is 0 Å². The highest BCUT2D eigenvalue weighted by atomic mass is 16.5. The lowest BCUT2D eigenvalue weighted by Crippen LogP contribution is -2.29. The van der Waals surface area contributed by atoms with Gasteiger partial charge in [-0.3, -0.25) is 9.59 Å². The topological polar surface area (TPSA) is 55.4 Å². The van der Waals surface area contributed by atoms with Crippen molar-refractivity contribution in [3.05, 3.63) is 0 Å². The van der Waals surface area contributed by atoms with Gasteiger partial charge in [0.15, 0.2) is 0 Å². The van der Waals surface area contributed by atoms with E-state index >= 15 is 0 Å². The predicted octanol–water partition coefficient (Wildman–Crippen LogP) is 2.41. The molecule has 18 heavy (non-hydrogen) atoms. The summed E-state index contributed by atoms with van der Waals surface area (Å²) in [7, 11) is 0. The molecule has 4 heteroatoms. The van der Waals surface area contributed by atoms with Crippen LogP contribution in [0.5, 0.6) is 0 Å². The Morgan fingerprint density at radius 3 is 2.50 bits per heavy atom. The molecule has 1 aliphatic carbocycles. The normalized spacial score (nSPS) is 16.6. The fourth-order valence-corrected chi connectivity index (χ4v) is 2.35. The van der Waals surface area contributed by atoms with Crippen LogP contribution in [0.2, 0.25) is 0 Å². The molecule has 1 aliphatic rings. The van der Waals surface area contributed by atoms with Crippen LogP contribution < -0.4 is 5.32 Å². The number of nitrogens with one attached hydrogen (secondary N) is 1. The lowest BCUT2D eigenvalue weighted by molar-refractivity contribution is -0.147. The van der Waals surface area contributed by atoms with E-state index in [0.717, 1.165) is 0 Å². The Labute approximate surface area is 109 Å². The van der Waals surface area contributed by atoms with Crippen molar-refractivity contribution in [1.29, 1.82) is 0 Å². The number of esters is 1. The summed E-state index contributed by atoms with van der Waals surface area (Å²) < 4.78 is 4.99. The molecule has 0 saturated heterocycles. The van der Waals surface area contributed by atoms with E-state index in [2.05, 4.69) is 5.32 Å². The maximum Gasteiger partial charge on any atom is 0.307 e. The number of ether oxygens (including phenoxy) is 1. The molecular weight excluding hydrogens is 230 g/mol. The molecule has 1 amide bonds. The van der Waals surface area contributed by atoms with Gasteiger partial charge >= 0.3 is 5.97 Å². The third kappa shape index (κ3) is 6.62. The number of hydrogen-bond acceptors (Lipinski definition) is 3. The van der Waals surface area contributed by atoms with Crippen molar-refractivity contribution in [3.63, 3.8) is 0 Å². The van der Waals surface area contributed by atoms with Crippen molar-refractivity contribution in [1.82, 2.24) is 5.32 Å². The molecule has 0 spiro atoms. The van der Waals surface area contributed by atoms with Crippen molar-refractivity contribution < 1.29 is 14.3 Å². The highest BCUT2D eigenvalue weighted by Crippen LogP contribution is 2.25. The average molecular weight is 255 g/mol. The van der Waals surface area contributed by atoms with Gasteiger partial charge in [-0.1, -0.05) is 19.3 Å². The molecule has 104 valence electrons. The summed E-state index contributed by atoms with van der Waals surface area (Å²) in [6, 6.07) is 0. The molecule has 0 radical (unpaired) electrons. The first-order valence-electron chi connectivity index (χ1n) is 7.04. The van der Waals surface area contributed by atoms with Crippen LogP contribution in [0.1, 0.15) is 58.8 Å². The monoisotopic (exact) mass is 255 g/mol. The summed E-state index contributed by atoms with van der Waals surface area (Å²) >= 11 is 0. The summed E-state index contributed by atoms with van der Waals surface area (Å²) in [6.07, 6.45) is 6.92. The average Bonchev–Trinajstić information content (AvgIpc) is 2.29. The van der Waals surface area contributed by atoms with Crippen molar-refractivity contribution in [2.24, 2.45) is 5.92 Å². The largest absolute Gasteiger partial charge is 0.463 e. The van der Waals surface area contributed by atoms with Gasteiger partial charge < -0.3 is 10.1 Å². The Kier molecular flexibility index (Phi) is 6.76. The predicted molar refractivity (Wildman–Crippen MR) is 70.0 cm³/mol. The van der Waals surface area contributed by atoms with Gasteiger partial charge in [-0.2, -0.15) is 0 Å². The van der Waals surface area contributed by atoms with Crippen molar-refractivity contribution in [2.45, 2.75) is 64.9 Å². The Morgan fingerprint density at radius 1 is 1.22 bits per heavy atom. The second kappa shape index (κ2) is 8.11. The first kappa shape index (κ1) is 15.0. The second-order valence-electron chi connectivity index (χ2n) is 5.35. The fraction of sp³-hybridized carbons (Fsp3) is 0.857. The number of rotatable bonds is 6. The molecule has 0 aromatic rings. The summed E-state index contributed by atoms with van der Waals surface area (Å²) in [6.45, 7) is 4.02. The molecule has 1 saturated carbocycles. The Hall–Kier alpha value is -1.06. The SMILES string of the molecule is CC(C)OC(=O)CCNC(=O)CC1CCCCC1. The minimum Gasteiger partial charge on any atom is -0.463 e. The van der Waals surface area contributed by atoms with E-state index in [1.807, 2.05) is 13.8 Å². The van der Waals surface area contributed by atoms with Crippen LogP contribution in [0, 0.1) is 5.92 Å². The summed E-state index contributed by atoms with van der Waals surface area (Å²) in [5.41, 5.74) is 0. The summed E-state index contributed by atoms with van der Waals surface area (Å²) in [5, 5.41) is 2.79. The molecule has 0 aliphatic heterocycles. The zero-order chi connectivity index (χ0) is 13.4. The molecule has 4 nitrogen and oxygen atoms in total. The van der Waals surface area contributed by atoms with E-state index in [-0.39, 0.29) is 24.4 Å². The number of amides is 1. The highest BCUT2D eigenvalue weighted by Gasteiger charge is 2.16. The molecular formula is C14H25NO3. The number of carbonyl (C=O) groups excluding carboxylic acids is 2. The maximum atomic E-state index is 11.7. The lowest BCUT2D eigenvalue weighted by atomic mass is 9.87. The summed E-state index contributed by atoms with van der Waals surface area (Å²) in [4.78, 5) is 22.9. The first-order valence-corrected chi connectivity index (χ1v) is 7.04. The van der Waals surface area contributed by atoms with E-state index in [1.54, 1.807) is 0 Å². The molecule has 1 N–H and O–H groups in total. The van der Waals surface area contributed by atoms with E-state index in [0.29, 0.717) is 18.9 Å². The zero-order valence-electron chi connectivity index (χ0n) is 11.5. The second-order valence-corrected chi connectivity index (χ2v) is 5.35. The van der Waals surface area contributed by atoms with Crippen LogP contribution in [0.4, 0.5) is 0 Å². The van der Waals surface area contributed by atoms with Crippen LogP contribution in [0.15, 0.2) is 0 Å². The smallest absolute Gasteiger partial charge is 0.307 e. The van der Waals surface area contributed by atoms with Crippen molar-refractivity contribution >= 4 is 11.9 Å². The molecule has 0 unspecified atom stereocenters. The molecule has 0 aromatic carbocycles. The molecule has 0 aromatic heterocycles. The van der Waals surface area contributed by atoms with Gasteiger partial charge in [0.2, 0.25) is 5.91 Å². The fourth-order valence-electron chi connectivity index (χ4n) is 2.35. The third-order valence-electron chi connectivity index (χ3n) is 3.22. The Balaban J connectivity index is 2.07. The van der Waals surface area contributed by atoms with Gasteiger partial charge in [-0.15, -0.1) is 0 Å². The summed E-state index contributed by atoms with van der Waals surface area (Å²) in [5.74, 6) is 0.364. The molecule has 1 rings (SSSR count). The first-order chi connectivity index (χ1) is 8.58. The van der Waals surface area contributed by atoms with Crippen LogP contribution in [0.25, 0.3) is 0 Å². The lowest BCUT2D eigenvalue weighted by Gasteiger charge is -2.20. The maximum absolute atomic E-state index is 11.7. The molecule has 0 bridgehead atoms. The van der Waals surface area contributed by atoms with Gasteiger partial charge in [-0.05, 0) is 32.6 Å². The van der Waals surface area contributed by atoms with Crippen LogP contribution in [-0.2, 0) is 14.3 Å². The van der Waals surface area contributed by atoms with Crippen LogP contribution in [-0.4, -0.2) is 24.5 Å². The Morgan fingerprint density at radius 2 is 1.89 bits per heavy atom. The molecule has 0 atom stereocenters. The van der Waals surface area contributed by atoms with E-state index in [9.17, 15) is 9.59 Å². The Bertz CT molecular complexity index is 270. The van der Waals surface area contributed by atoms with Crippen LogP contribution in [0.3, 0.4) is 0 Å². The van der Waals surface area contributed by atoms with Crippen molar-refractivity contribution in [2.75, 3.05) is 6.54 Å². The quantitative estimate of drug-likeness (QED) is 0.742. The third-order valence-corrected chi connectivity index (χ3v) is 3.22. The van der Waals surface area contributed by atoms with Gasteiger partial charge in [0.25, 0.3) is 0 Å².